The van der Waals surface area contributed by atoms with Crippen molar-refractivity contribution in [2.24, 2.45) is 0 Å². The van der Waals surface area contributed by atoms with Crippen LogP contribution in [0.25, 0.3) is 0 Å². The predicted octanol–water partition coefficient (Wildman–Crippen LogP) is 5.80. The average molecular weight is 514 g/mol. The van der Waals surface area contributed by atoms with Crippen LogP contribution in [0.15, 0.2) is 83.3 Å². The van der Waals surface area contributed by atoms with Crippen molar-refractivity contribution < 1.29 is 9.53 Å². The van der Waals surface area contributed by atoms with Crippen LogP contribution in [0.1, 0.15) is 24.1 Å². The first-order valence-electron chi connectivity index (χ1n) is 10.8. The van der Waals surface area contributed by atoms with Gasteiger partial charge in [-0.15, -0.1) is 0 Å². The molecule has 1 fully saturated rings. The largest absolute Gasteiger partial charge is 0.480 e. The van der Waals surface area contributed by atoms with Crippen molar-refractivity contribution >= 4 is 33.4 Å². The molecule has 1 amide bonds. The molecule has 3 aromatic carbocycles. The molecule has 1 atom stereocenters. The maximum atomic E-state index is 13.0. The maximum Gasteiger partial charge on any atom is 0.263 e. The van der Waals surface area contributed by atoms with Crippen molar-refractivity contribution in [3.05, 3.63) is 99.5 Å². The van der Waals surface area contributed by atoms with Crippen molar-refractivity contribution in [2.75, 3.05) is 26.2 Å². The minimum atomic E-state index is -0.571. The first-order valence-corrected chi connectivity index (χ1v) is 11.9. The third-order valence-corrected chi connectivity index (χ3v) is 6.62. The topological polar surface area (TPSA) is 32.8 Å². The van der Waals surface area contributed by atoms with E-state index in [2.05, 4.69) is 69.4 Å². The monoisotopic (exact) mass is 512 g/mol. The van der Waals surface area contributed by atoms with Gasteiger partial charge in [0.2, 0.25) is 0 Å². The number of carbonyl (C=O) groups is 1. The van der Waals surface area contributed by atoms with Crippen LogP contribution >= 0.6 is 27.5 Å². The number of benzene rings is 3. The third kappa shape index (κ3) is 5.34. The van der Waals surface area contributed by atoms with Crippen LogP contribution in [0.3, 0.4) is 0 Å². The van der Waals surface area contributed by atoms with E-state index in [1.807, 2.05) is 17.0 Å². The van der Waals surface area contributed by atoms with Gasteiger partial charge in [-0.1, -0.05) is 72.3 Å². The van der Waals surface area contributed by atoms with E-state index >= 15 is 0 Å². The number of hydrogen-bond donors (Lipinski definition) is 0. The SMILES string of the molecule is CC(Oc1ccc(Cl)cc1Br)C(=O)N1CCN(C(c2ccccc2)c2ccccc2)CC1. The average Bonchev–Trinajstić information content (AvgIpc) is 2.82. The Labute approximate surface area is 202 Å². The number of halogens is 2. The van der Waals surface area contributed by atoms with E-state index < -0.39 is 6.10 Å². The highest BCUT2D eigenvalue weighted by atomic mass is 79.9. The Morgan fingerprint density at radius 1 is 0.906 bits per heavy atom. The summed E-state index contributed by atoms with van der Waals surface area (Å²) in [4.78, 5) is 17.4. The van der Waals surface area contributed by atoms with Crippen LogP contribution in [0.2, 0.25) is 5.02 Å². The summed E-state index contributed by atoms with van der Waals surface area (Å²) < 4.78 is 6.66. The molecule has 0 aromatic heterocycles. The van der Waals surface area contributed by atoms with Gasteiger partial charge in [-0.05, 0) is 52.2 Å². The number of amides is 1. The van der Waals surface area contributed by atoms with Crippen molar-refractivity contribution in [1.82, 2.24) is 9.80 Å². The zero-order chi connectivity index (χ0) is 22.5. The van der Waals surface area contributed by atoms with E-state index in [0.717, 1.165) is 17.6 Å². The van der Waals surface area contributed by atoms with Crippen LogP contribution in [0.4, 0.5) is 0 Å². The minimum Gasteiger partial charge on any atom is -0.480 e. The second-order valence-corrected chi connectivity index (χ2v) is 9.21. The highest BCUT2D eigenvalue weighted by molar-refractivity contribution is 9.10. The summed E-state index contributed by atoms with van der Waals surface area (Å²) >= 11 is 9.45. The lowest BCUT2D eigenvalue weighted by Gasteiger charge is -2.40. The Kier molecular flexibility index (Phi) is 7.51. The Morgan fingerprint density at radius 2 is 1.47 bits per heavy atom. The van der Waals surface area contributed by atoms with E-state index in [1.54, 1.807) is 25.1 Å². The highest BCUT2D eigenvalue weighted by Gasteiger charge is 2.30. The molecule has 1 heterocycles. The van der Waals surface area contributed by atoms with Crippen LogP contribution in [0, 0.1) is 0 Å². The second kappa shape index (κ2) is 10.5. The Morgan fingerprint density at radius 3 is 2.00 bits per heavy atom. The quantitative estimate of drug-likeness (QED) is 0.417. The first-order chi connectivity index (χ1) is 15.5. The molecule has 6 heteroatoms. The summed E-state index contributed by atoms with van der Waals surface area (Å²) in [6, 6.07) is 26.6. The fourth-order valence-electron chi connectivity index (χ4n) is 4.15. The summed E-state index contributed by atoms with van der Waals surface area (Å²) in [5.74, 6) is 0.615. The number of carbonyl (C=O) groups excluding carboxylic acids is 1. The highest BCUT2D eigenvalue weighted by Crippen LogP contribution is 2.31. The van der Waals surface area contributed by atoms with Crippen molar-refractivity contribution in [2.45, 2.75) is 19.1 Å². The van der Waals surface area contributed by atoms with Crippen molar-refractivity contribution in [3.8, 4) is 5.75 Å². The zero-order valence-electron chi connectivity index (χ0n) is 18.0. The fourth-order valence-corrected chi connectivity index (χ4v) is 4.93. The first kappa shape index (κ1) is 22.8. The van der Waals surface area contributed by atoms with Crippen molar-refractivity contribution in [3.63, 3.8) is 0 Å². The van der Waals surface area contributed by atoms with Gasteiger partial charge in [0.25, 0.3) is 5.91 Å². The molecule has 0 spiro atoms. The standard InChI is InChI=1S/C26H26BrClN2O2/c1-19(32-24-13-12-22(28)18-23(24)27)26(31)30-16-14-29(15-17-30)25(20-8-4-2-5-9-20)21-10-6-3-7-11-21/h2-13,18-19,25H,14-17H2,1H3. The van der Waals surface area contributed by atoms with Gasteiger partial charge in [-0.3, -0.25) is 9.69 Å². The molecule has 166 valence electrons. The summed E-state index contributed by atoms with van der Waals surface area (Å²) in [7, 11) is 0. The van der Waals surface area contributed by atoms with Gasteiger partial charge in [0, 0.05) is 31.2 Å². The predicted molar refractivity (Wildman–Crippen MR) is 132 cm³/mol. The van der Waals surface area contributed by atoms with Crippen LogP contribution in [0.5, 0.6) is 5.75 Å². The smallest absolute Gasteiger partial charge is 0.263 e. The number of rotatable bonds is 6. The molecule has 0 radical (unpaired) electrons. The van der Waals surface area contributed by atoms with Crippen LogP contribution in [-0.4, -0.2) is 48.0 Å². The normalized spacial score (nSPS) is 15.6. The number of piperazine rings is 1. The van der Waals surface area contributed by atoms with Gasteiger partial charge >= 0.3 is 0 Å². The molecule has 0 N–H and O–H groups in total. The molecule has 0 bridgehead atoms. The van der Waals surface area contributed by atoms with E-state index in [0.29, 0.717) is 23.9 Å². The molecule has 1 saturated heterocycles. The van der Waals surface area contributed by atoms with Gasteiger partial charge in [-0.2, -0.15) is 0 Å². The summed E-state index contributed by atoms with van der Waals surface area (Å²) in [6.45, 7) is 4.75. The molecule has 1 aliphatic rings. The van der Waals surface area contributed by atoms with E-state index in [1.165, 1.54) is 11.1 Å². The molecule has 1 unspecified atom stereocenters. The molecule has 0 saturated carbocycles. The number of nitrogens with zero attached hydrogens (tertiary/aromatic N) is 2. The third-order valence-electron chi connectivity index (χ3n) is 5.77. The molecule has 0 aliphatic carbocycles. The minimum absolute atomic E-state index is 0.00229. The number of ether oxygens (including phenoxy) is 1. The van der Waals surface area contributed by atoms with E-state index in [4.69, 9.17) is 16.3 Å². The van der Waals surface area contributed by atoms with Crippen LogP contribution in [-0.2, 0) is 4.79 Å². The number of hydrogen-bond acceptors (Lipinski definition) is 3. The van der Waals surface area contributed by atoms with Gasteiger partial charge < -0.3 is 9.64 Å². The maximum absolute atomic E-state index is 13.0. The molecule has 4 nitrogen and oxygen atoms in total. The lowest BCUT2D eigenvalue weighted by molar-refractivity contribution is -0.140. The summed E-state index contributed by atoms with van der Waals surface area (Å²) in [5.41, 5.74) is 2.53. The summed E-state index contributed by atoms with van der Waals surface area (Å²) in [6.07, 6.45) is -0.571. The van der Waals surface area contributed by atoms with Crippen molar-refractivity contribution in [1.29, 1.82) is 0 Å². The summed E-state index contributed by atoms with van der Waals surface area (Å²) in [5, 5.41) is 0.616. The second-order valence-electron chi connectivity index (χ2n) is 7.92. The van der Waals surface area contributed by atoms with Gasteiger partial charge in [0.1, 0.15) is 5.75 Å². The molecule has 1 aliphatic heterocycles. The van der Waals surface area contributed by atoms with Gasteiger partial charge in [-0.25, -0.2) is 0 Å². The molecule has 3 aromatic rings. The van der Waals surface area contributed by atoms with E-state index in [9.17, 15) is 4.79 Å². The lowest BCUT2D eigenvalue weighted by Crippen LogP contribution is -2.52. The molecule has 32 heavy (non-hydrogen) atoms. The lowest BCUT2D eigenvalue weighted by atomic mass is 9.96. The fraction of sp³-hybridized carbons (Fsp3) is 0.269. The Balaban J connectivity index is 1.42. The Hall–Kier alpha value is -2.34. The molecular weight excluding hydrogens is 488 g/mol. The van der Waals surface area contributed by atoms with Gasteiger partial charge in [0.15, 0.2) is 6.10 Å². The molecular formula is C26H26BrClN2O2. The van der Waals surface area contributed by atoms with Crippen LogP contribution < -0.4 is 4.74 Å². The molecule has 4 rings (SSSR count). The zero-order valence-corrected chi connectivity index (χ0v) is 20.3. The van der Waals surface area contributed by atoms with Gasteiger partial charge in [0.05, 0.1) is 10.5 Å². The Bertz CT molecular complexity index is 1000. The van der Waals surface area contributed by atoms with E-state index in [-0.39, 0.29) is 11.9 Å².